The van der Waals surface area contributed by atoms with Gasteiger partial charge in [-0.2, -0.15) is 0 Å². The molecule has 0 aliphatic carbocycles. The molecule has 0 aromatic rings. The fraction of sp³-hybridized carbons (Fsp3) is 0. The van der Waals surface area contributed by atoms with Gasteiger partial charge in [-0.15, -0.1) is 26.0 Å². The van der Waals surface area contributed by atoms with Crippen molar-refractivity contribution in [2.75, 3.05) is 0 Å². The molecule has 0 atom stereocenters. The average Bonchev–Trinajstić information content (AvgIpc) is 2.38. The Kier molecular flexibility index (Phi) is 19.9. The molecular formula is B2O24S6. The molecule has 0 N–H and O–H groups in total. The van der Waals surface area contributed by atoms with Crippen molar-refractivity contribution in [1.82, 2.24) is 0 Å². The molecule has 24 nitrogen and oxygen atoms in total. The Morgan fingerprint density at radius 3 is 0.375 bits per heavy atom. The van der Waals surface area contributed by atoms with Crippen molar-refractivity contribution in [3.05, 3.63) is 0 Å². The Labute approximate surface area is 183 Å². The third-order valence-corrected chi connectivity index (χ3v) is 2.25. The van der Waals surface area contributed by atoms with E-state index in [2.05, 4.69) is 26.0 Å². The molecule has 0 aliphatic rings. The molecule has 0 fully saturated rings. The minimum absolute atomic E-state index is 0. The Bertz CT molecular complexity index is 893. The molecule has 186 valence electrons. The molecular weight excluding hydrogens is 598 g/mol. The first-order chi connectivity index (χ1) is 12.6. The standard InChI is InChI=1S/2B.3H2O8S2/c;;3*1-9(2,3)7-8-10(4,5)6/h;;3*(H,1,2,3)(H,4,5,6)/q2*+3;;;/p-6. The van der Waals surface area contributed by atoms with Crippen LogP contribution in [0.4, 0.5) is 0 Å². The molecule has 0 radical (unpaired) electrons. The van der Waals surface area contributed by atoms with Crippen LogP contribution in [0.5, 0.6) is 0 Å². The van der Waals surface area contributed by atoms with Crippen LogP contribution in [0.15, 0.2) is 0 Å². The third-order valence-electron chi connectivity index (χ3n) is 0.583. The van der Waals surface area contributed by atoms with Gasteiger partial charge in [0, 0.05) is 0 Å². The molecule has 0 aromatic carbocycles. The molecule has 32 heavy (non-hydrogen) atoms. The summed E-state index contributed by atoms with van der Waals surface area (Å²) in [5, 5.41) is 0. The normalized spacial score (nSPS) is 12.6. The van der Waals surface area contributed by atoms with Crippen LogP contribution in [0.1, 0.15) is 0 Å². The van der Waals surface area contributed by atoms with E-state index in [-0.39, 0.29) is 16.8 Å². The predicted molar refractivity (Wildman–Crippen MR) is 76.2 cm³/mol. The van der Waals surface area contributed by atoms with Gasteiger partial charge in [0.15, 0.2) is 0 Å². The quantitative estimate of drug-likeness (QED) is 0.0781. The van der Waals surface area contributed by atoms with Crippen molar-refractivity contribution >= 4 is 79.2 Å². The van der Waals surface area contributed by atoms with E-state index in [1.807, 2.05) is 0 Å². The molecule has 0 amide bonds. The van der Waals surface area contributed by atoms with Gasteiger partial charge in [-0.1, -0.05) is 0 Å². The van der Waals surface area contributed by atoms with Crippen molar-refractivity contribution < 1.29 is 104 Å². The SMILES string of the molecule is O=S(=O)([O-])OOS(=O)(=O)[O-].O=S(=O)([O-])OOS(=O)(=O)[O-].O=S(=O)([O-])OOS(=O)(=O)[O-].[B+3].[B+3]. The van der Waals surface area contributed by atoms with Crippen LogP contribution in [0.25, 0.3) is 0 Å². The Balaban J connectivity index is -0.000000110. The van der Waals surface area contributed by atoms with E-state index in [1.165, 1.54) is 0 Å². The zero-order chi connectivity index (χ0) is 25.2. The molecule has 32 heteroatoms. The minimum atomic E-state index is -5.31. The van der Waals surface area contributed by atoms with E-state index in [1.54, 1.807) is 0 Å². The summed E-state index contributed by atoms with van der Waals surface area (Å²) in [6.07, 6.45) is 0. The van der Waals surface area contributed by atoms with E-state index in [0.29, 0.717) is 0 Å². The second-order valence-corrected chi connectivity index (χ2v) is 8.57. The van der Waals surface area contributed by atoms with Gasteiger partial charge in [-0.05, 0) is 0 Å². The van der Waals surface area contributed by atoms with Crippen LogP contribution in [0.2, 0.25) is 0 Å². The van der Waals surface area contributed by atoms with E-state index in [0.717, 1.165) is 0 Å². The third kappa shape index (κ3) is 57.0. The van der Waals surface area contributed by atoms with Crippen molar-refractivity contribution in [3.63, 3.8) is 0 Å². The maximum absolute atomic E-state index is 9.37. The molecule has 0 unspecified atom stereocenters. The van der Waals surface area contributed by atoms with Crippen molar-refractivity contribution in [2.24, 2.45) is 0 Å². The van der Waals surface area contributed by atoms with Crippen LogP contribution in [-0.2, 0) is 88.4 Å². The van der Waals surface area contributed by atoms with Crippen LogP contribution in [0, 0.1) is 0 Å². The van der Waals surface area contributed by atoms with E-state index in [4.69, 9.17) is 0 Å². The van der Waals surface area contributed by atoms with Gasteiger partial charge in [-0.25, -0.2) is 50.5 Å². The first-order valence-corrected chi connectivity index (χ1v) is 12.5. The van der Waals surface area contributed by atoms with Crippen LogP contribution in [-0.4, -0.2) is 94.6 Å². The van der Waals surface area contributed by atoms with Crippen molar-refractivity contribution in [1.29, 1.82) is 0 Å². The summed E-state index contributed by atoms with van der Waals surface area (Å²) in [6, 6.07) is 0. The summed E-state index contributed by atoms with van der Waals surface area (Å²) in [7, 11) is -31.9. The largest absolute Gasteiger partial charge is 3.00 e. The molecule has 0 spiro atoms. The molecule has 0 rings (SSSR count). The second kappa shape index (κ2) is 15.3. The first kappa shape index (κ1) is 41.6. The van der Waals surface area contributed by atoms with Crippen molar-refractivity contribution in [3.8, 4) is 0 Å². The first-order valence-electron chi connectivity index (χ1n) is 4.50. The Morgan fingerprint density at radius 2 is 0.344 bits per heavy atom. The molecule has 0 heterocycles. The van der Waals surface area contributed by atoms with E-state index in [9.17, 15) is 77.8 Å². The molecule has 0 saturated heterocycles. The van der Waals surface area contributed by atoms with Gasteiger partial charge in [0.2, 0.25) is 62.4 Å². The van der Waals surface area contributed by atoms with E-state index >= 15 is 0 Å². The van der Waals surface area contributed by atoms with Gasteiger partial charge >= 0.3 is 16.8 Å². The summed E-state index contributed by atoms with van der Waals surface area (Å²) >= 11 is 0. The Hall–Kier alpha value is -0.650. The van der Waals surface area contributed by atoms with Gasteiger partial charge < -0.3 is 27.3 Å². The van der Waals surface area contributed by atoms with Gasteiger partial charge in [0.25, 0.3) is 0 Å². The zero-order valence-corrected chi connectivity index (χ0v) is 18.3. The van der Waals surface area contributed by atoms with Gasteiger partial charge in [0.05, 0.1) is 0 Å². The number of hydrogen-bond donors (Lipinski definition) is 0. The van der Waals surface area contributed by atoms with E-state index < -0.39 is 62.4 Å². The van der Waals surface area contributed by atoms with Crippen LogP contribution >= 0.6 is 0 Å². The van der Waals surface area contributed by atoms with Gasteiger partial charge in [-0.3, -0.25) is 0 Å². The summed E-state index contributed by atoms with van der Waals surface area (Å²) in [6.45, 7) is 0. The summed E-state index contributed by atoms with van der Waals surface area (Å²) in [4.78, 5) is 0. The molecule has 0 aliphatic heterocycles. The maximum atomic E-state index is 9.37. The molecule has 0 bridgehead atoms. The molecule has 0 saturated carbocycles. The topological polar surface area (TPSA) is 399 Å². The van der Waals surface area contributed by atoms with Crippen LogP contribution < -0.4 is 0 Å². The number of hydrogen-bond acceptors (Lipinski definition) is 24. The smallest absolute Gasteiger partial charge is 0.724 e. The number of rotatable bonds is 9. The Morgan fingerprint density at radius 1 is 0.281 bits per heavy atom. The summed E-state index contributed by atoms with van der Waals surface area (Å²) in [5.74, 6) is 0. The molecule has 0 aromatic heterocycles. The van der Waals surface area contributed by atoms with Gasteiger partial charge in [0.1, 0.15) is 0 Å². The fourth-order valence-corrected chi connectivity index (χ4v) is 1.84. The average molecular weight is 598 g/mol. The summed E-state index contributed by atoms with van der Waals surface area (Å²) < 4.78 is 184. The van der Waals surface area contributed by atoms with Crippen molar-refractivity contribution in [2.45, 2.75) is 0 Å². The predicted octanol–water partition coefficient (Wildman–Crippen LogP) is -7.20. The monoisotopic (exact) mass is 598 g/mol. The minimum Gasteiger partial charge on any atom is -0.724 e. The maximum Gasteiger partial charge on any atom is 3.00 e. The fourth-order valence-electron chi connectivity index (χ4n) is 0.204. The zero-order valence-electron chi connectivity index (χ0n) is 13.4. The van der Waals surface area contributed by atoms with Crippen LogP contribution in [0.3, 0.4) is 0 Å². The second-order valence-electron chi connectivity index (χ2n) is 2.86. The summed E-state index contributed by atoms with van der Waals surface area (Å²) in [5.41, 5.74) is 0.